The number of rotatable bonds is 5. The van der Waals surface area contributed by atoms with Gasteiger partial charge in [0.05, 0.1) is 30.7 Å². The number of benzene rings is 1. The lowest BCUT2D eigenvalue weighted by Crippen LogP contribution is -2.37. The molecule has 1 unspecified atom stereocenters. The number of carbonyl (C=O) groups excluding carboxylic acids is 2. The van der Waals surface area contributed by atoms with Gasteiger partial charge in [0.1, 0.15) is 0 Å². The zero-order valence-electron chi connectivity index (χ0n) is 18.8. The maximum atomic E-state index is 13.4. The molecule has 3 amide bonds. The summed E-state index contributed by atoms with van der Waals surface area (Å²) in [5.41, 5.74) is 3.85. The standard InChI is InChI=1S/C25H23N7O3/c33-24(27-15-16-4-2-1-3-5-16)20-21(17-6-7-18-19(14-17)29-25(34)28-18)32-9-8-26-22(23(32)30-20)31-10-12-35-13-11-31/h1-9,14,18H,10-13,15H2,(H,27,33)(H,28,34). The number of imidazole rings is 1. The molecule has 1 atom stereocenters. The van der Waals surface area contributed by atoms with Crippen molar-refractivity contribution in [2.24, 2.45) is 4.99 Å². The fourth-order valence-corrected chi connectivity index (χ4v) is 4.51. The molecule has 0 saturated carbocycles. The Labute approximate surface area is 201 Å². The minimum absolute atomic E-state index is 0.258. The van der Waals surface area contributed by atoms with E-state index in [0.29, 0.717) is 55.7 Å². The van der Waals surface area contributed by atoms with Crippen molar-refractivity contribution in [1.82, 2.24) is 25.0 Å². The highest BCUT2D eigenvalue weighted by Gasteiger charge is 2.29. The number of morpholine rings is 1. The zero-order valence-corrected chi connectivity index (χ0v) is 18.8. The summed E-state index contributed by atoms with van der Waals surface area (Å²) in [6, 6.07) is 9.09. The minimum atomic E-state index is -0.370. The molecular formula is C25H23N7O3. The first-order valence-electron chi connectivity index (χ1n) is 11.5. The molecule has 35 heavy (non-hydrogen) atoms. The molecule has 2 N–H and O–H groups in total. The summed E-state index contributed by atoms with van der Waals surface area (Å²) in [6.07, 6.45) is 9.10. The van der Waals surface area contributed by atoms with Crippen molar-refractivity contribution < 1.29 is 14.3 Å². The normalized spacial score (nSPS) is 19.3. The molecule has 10 nitrogen and oxygen atoms in total. The third-order valence-corrected chi connectivity index (χ3v) is 6.22. The van der Waals surface area contributed by atoms with Crippen molar-refractivity contribution in [1.29, 1.82) is 0 Å². The van der Waals surface area contributed by atoms with E-state index in [1.165, 1.54) is 0 Å². The Hall–Kier alpha value is -4.31. The molecule has 3 aliphatic rings. The van der Waals surface area contributed by atoms with Crippen LogP contribution in [0, 0.1) is 0 Å². The second-order valence-electron chi connectivity index (χ2n) is 8.44. The van der Waals surface area contributed by atoms with Crippen LogP contribution in [0.4, 0.5) is 10.6 Å². The van der Waals surface area contributed by atoms with Crippen LogP contribution in [0.25, 0.3) is 11.2 Å². The van der Waals surface area contributed by atoms with Crippen LogP contribution in [0.2, 0.25) is 0 Å². The van der Waals surface area contributed by atoms with E-state index in [9.17, 15) is 9.59 Å². The third-order valence-electron chi connectivity index (χ3n) is 6.22. The van der Waals surface area contributed by atoms with E-state index in [-0.39, 0.29) is 23.7 Å². The molecule has 3 aromatic rings. The van der Waals surface area contributed by atoms with Crippen LogP contribution in [-0.2, 0) is 11.3 Å². The smallest absolute Gasteiger partial charge is 0.342 e. The average Bonchev–Trinajstić information content (AvgIpc) is 3.47. The predicted molar refractivity (Wildman–Crippen MR) is 131 cm³/mol. The molecule has 6 rings (SSSR count). The van der Waals surface area contributed by atoms with E-state index < -0.39 is 0 Å². The van der Waals surface area contributed by atoms with Gasteiger partial charge < -0.3 is 20.3 Å². The van der Waals surface area contributed by atoms with Crippen molar-refractivity contribution >= 4 is 34.7 Å². The molecule has 10 heteroatoms. The van der Waals surface area contributed by atoms with Gasteiger partial charge in [-0.2, -0.15) is 4.99 Å². The Morgan fingerprint density at radius 2 is 2.03 bits per heavy atom. The van der Waals surface area contributed by atoms with Gasteiger partial charge in [-0.1, -0.05) is 42.5 Å². The van der Waals surface area contributed by atoms with Gasteiger partial charge in [-0.05, 0) is 11.6 Å². The Kier molecular flexibility index (Phi) is 5.34. The number of carbonyl (C=O) groups is 2. The predicted octanol–water partition coefficient (Wildman–Crippen LogP) is 1.98. The van der Waals surface area contributed by atoms with E-state index in [0.717, 1.165) is 11.1 Å². The number of anilines is 1. The first-order chi connectivity index (χ1) is 17.2. The Morgan fingerprint density at radius 3 is 2.86 bits per heavy atom. The molecule has 1 aliphatic carbocycles. The maximum absolute atomic E-state index is 13.4. The van der Waals surface area contributed by atoms with Crippen molar-refractivity contribution in [3.05, 3.63) is 77.9 Å². The van der Waals surface area contributed by atoms with Crippen LogP contribution in [0.15, 0.2) is 65.9 Å². The molecule has 2 aromatic heterocycles. The molecule has 176 valence electrons. The number of allylic oxidation sites excluding steroid dienone is 2. The van der Waals surface area contributed by atoms with Gasteiger partial charge in [0.25, 0.3) is 5.91 Å². The number of fused-ring (bicyclic) bond motifs is 2. The third kappa shape index (κ3) is 3.97. The zero-order chi connectivity index (χ0) is 23.8. The van der Waals surface area contributed by atoms with Crippen LogP contribution in [-0.4, -0.2) is 64.4 Å². The molecule has 2 aliphatic heterocycles. The Morgan fingerprint density at radius 1 is 1.20 bits per heavy atom. The van der Waals surface area contributed by atoms with Crippen molar-refractivity contribution in [3.8, 4) is 0 Å². The van der Waals surface area contributed by atoms with E-state index in [2.05, 4.69) is 25.5 Å². The summed E-state index contributed by atoms with van der Waals surface area (Å²) in [6.45, 7) is 2.98. The molecule has 1 aromatic carbocycles. The monoisotopic (exact) mass is 469 g/mol. The first kappa shape index (κ1) is 21.2. The lowest BCUT2D eigenvalue weighted by atomic mass is 9.98. The molecule has 0 radical (unpaired) electrons. The van der Waals surface area contributed by atoms with E-state index >= 15 is 0 Å². The van der Waals surface area contributed by atoms with Gasteiger partial charge in [0.15, 0.2) is 17.2 Å². The van der Waals surface area contributed by atoms with Crippen LogP contribution < -0.4 is 15.5 Å². The minimum Gasteiger partial charge on any atom is -0.378 e. The van der Waals surface area contributed by atoms with Gasteiger partial charge in [-0.3, -0.25) is 9.20 Å². The second kappa shape index (κ2) is 8.80. The number of urea groups is 1. The SMILES string of the molecule is O=C1N=C2C=C(c3c(C(=O)NCc4ccccc4)nc4c(N5CCOCC5)nccn34)C=CC2N1. The maximum Gasteiger partial charge on any atom is 0.342 e. The highest BCUT2D eigenvalue weighted by molar-refractivity contribution is 6.17. The lowest BCUT2D eigenvalue weighted by Gasteiger charge is -2.27. The quantitative estimate of drug-likeness (QED) is 0.591. The number of amides is 3. The summed E-state index contributed by atoms with van der Waals surface area (Å²) in [5.74, 6) is 0.409. The highest BCUT2D eigenvalue weighted by atomic mass is 16.5. The molecule has 0 bridgehead atoms. The topological polar surface area (TPSA) is 113 Å². The van der Waals surface area contributed by atoms with Crippen molar-refractivity contribution in [2.75, 3.05) is 31.2 Å². The van der Waals surface area contributed by atoms with Crippen LogP contribution >= 0.6 is 0 Å². The summed E-state index contributed by atoms with van der Waals surface area (Å²) in [7, 11) is 0. The largest absolute Gasteiger partial charge is 0.378 e. The van der Waals surface area contributed by atoms with Crippen LogP contribution in [0.1, 0.15) is 21.7 Å². The highest BCUT2D eigenvalue weighted by Crippen LogP contribution is 2.29. The fraction of sp³-hybridized carbons (Fsp3) is 0.240. The Balaban J connectivity index is 1.44. The van der Waals surface area contributed by atoms with E-state index in [4.69, 9.17) is 9.72 Å². The van der Waals surface area contributed by atoms with Crippen LogP contribution in [0.5, 0.6) is 0 Å². The fourth-order valence-electron chi connectivity index (χ4n) is 4.51. The van der Waals surface area contributed by atoms with Crippen LogP contribution in [0.3, 0.4) is 0 Å². The molecule has 1 saturated heterocycles. The number of hydrogen-bond acceptors (Lipinski definition) is 6. The summed E-state index contributed by atoms with van der Waals surface area (Å²) >= 11 is 0. The van der Waals surface area contributed by atoms with Gasteiger partial charge in [0, 0.05) is 37.6 Å². The summed E-state index contributed by atoms with van der Waals surface area (Å²) < 4.78 is 7.38. The van der Waals surface area contributed by atoms with Gasteiger partial charge in [-0.15, -0.1) is 0 Å². The number of hydrogen-bond donors (Lipinski definition) is 2. The van der Waals surface area contributed by atoms with Crippen molar-refractivity contribution in [2.45, 2.75) is 12.6 Å². The first-order valence-corrected chi connectivity index (χ1v) is 11.5. The molecule has 0 spiro atoms. The summed E-state index contributed by atoms with van der Waals surface area (Å²) in [5, 5.41) is 5.77. The molecule has 1 fully saturated rings. The second-order valence-corrected chi connectivity index (χ2v) is 8.44. The number of aromatic nitrogens is 3. The lowest BCUT2D eigenvalue weighted by molar-refractivity contribution is 0.0946. The molecular weight excluding hydrogens is 446 g/mol. The number of nitrogens with one attached hydrogen (secondary N) is 2. The number of aliphatic imine (C=N–C) groups is 1. The van der Waals surface area contributed by atoms with Crippen molar-refractivity contribution in [3.63, 3.8) is 0 Å². The van der Waals surface area contributed by atoms with E-state index in [1.54, 1.807) is 12.4 Å². The van der Waals surface area contributed by atoms with Gasteiger partial charge in [0.2, 0.25) is 0 Å². The average molecular weight is 470 g/mol. The Bertz CT molecular complexity index is 1400. The van der Waals surface area contributed by atoms with Gasteiger partial charge in [-0.25, -0.2) is 14.8 Å². The summed E-state index contributed by atoms with van der Waals surface area (Å²) in [4.78, 5) is 40.7. The number of nitrogens with zero attached hydrogens (tertiary/aromatic N) is 5. The number of ether oxygens (including phenoxy) is 1. The molecule has 4 heterocycles. The van der Waals surface area contributed by atoms with E-state index in [1.807, 2.05) is 53.0 Å². The van der Waals surface area contributed by atoms with Gasteiger partial charge >= 0.3 is 6.03 Å².